The minimum absolute atomic E-state index is 0.0626. The Morgan fingerprint density at radius 2 is 1.72 bits per heavy atom. The number of carbonyl (C=O) groups is 2. The van der Waals surface area contributed by atoms with Crippen LogP contribution in [0.4, 0.5) is 5.69 Å². The average Bonchev–Trinajstić information content (AvgIpc) is 3.37. The van der Waals surface area contributed by atoms with Crippen molar-refractivity contribution in [2.24, 2.45) is 0 Å². The number of benzene rings is 3. The monoisotopic (exact) mass is 564 g/mol. The van der Waals surface area contributed by atoms with Crippen LogP contribution in [0, 0.1) is 0 Å². The molecule has 3 aromatic carbocycles. The Kier molecular flexibility index (Phi) is 9.27. The maximum Gasteiger partial charge on any atom is 0.339 e. The van der Waals surface area contributed by atoms with Gasteiger partial charge in [0, 0.05) is 11.4 Å². The van der Waals surface area contributed by atoms with Crippen LogP contribution in [0.5, 0.6) is 5.75 Å². The van der Waals surface area contributed by atoms with Gasteiger partial charge < -0.3 is 14.8 Å². The molecule has 202 valence electrons. The van der Waals surface area contributed by atoms with Gasteiger partial charge in [0.25, 0.3) is 0 Å². The second-order valence-corrected chi connectivity index (χ2v) is 10.4. The predicted octanol–water partition coefficient (Wildman–Crippen LogP) is 6.70. The number of methoxy groups -OCH3 is 1. The van der Waals surface area contributed by atoms with E-state index >= 15 is 0 Å². The lowest BCUT2D eigenvalue weighted by Gasteiger charge is -2.17. The second-order valence-electron chi connectivity index (χ2n) is 9.02. The Morgan fingerprint density at radius 3 is 2.38 bits per heavy atom. The number of nitrogens with one attached hydrogen (secondary N) is 1. The fraction of sp³-hybridized carbons (Fsp3) is 0.241. The summed E-state index contributed by atoms with van der Waals surface area (Å²) >= 11 is 7.32. The van der Waals surface area contributed by atoms with E-state index in [0.29, 0.717) is 22.6 Å². The van der Waals surface area contributed by atoms with E-state index in [4.69, 9.17) is 21.1 Å². The summed E-state index contributed by atoms with van der Waals surface area (Å²) in [6, 6.07) is 22.3. The molecule has 1 unspecified atom stereocenters. The molecule has 39 heavy (non-hydrogen) atoms. The van der Waals surface area contributed by atoms with Crippen molar-refractivity contribution >= 4 is 40.9 Å². The summed E-state index contributed by atoms with van der Waals surface area (Å²) in [5.74, 6) is 0.976. The molecule has 1 amide bonds. The number of rotatable bonds is 10. The van der Waals surface area contributed by atoms with Crippen molar-refractivity contribution in [2.45, 2.75) is 37.9 Å². The summed E-state index contributed by atoms with van der Waals surface area (Å²) in [7, 11) is 1.27. The molecule has 0 saturated heterocycles. The van der Waals surface area contributed by atoms with Crippen molar-refractivity contribution in [3.63, 3.8) is 0 Å². The number of nitrogens with zero attached hydrogens (tertiary/aromatic N) is 3. The van der Waals surface area contributed by atoms with Crippen molar-refractivity contribution in [1.29, 1.82) is 0 Å². The maximum atomic E-state index is 12.8. The summed E-state index contributed by atoms with van der Waals surface area (Å²) in [5, 5.41) is 12.4. The lowest BCUT2D eigenvalue weighted by atomic mass is 10.0. The van der Waals surface area contributed by atoms with Crippen LogP contribution in [0.15, 0.2) is 78.0 Å². The Bertz CT molecular complexity index is 1440. The van der Waals surface area contributed by atoms with E-state index in [9.17, 15) is 9.59 Å². The van der Waals surface area contributed by atoms with Gasteiger partial charge in [-0.25, -0.2) is 4.79 Å². The Morgan fingerprint density at radius 1 is 1.00 bits per heavy atom. The number of para-hydroxylation sites is 1. The van der Waals surface area contributed by atoms with Crippen molar-refractivity contribution < 1.29 is 19.1 Å². The SMILES string of the molecule is COC(=O)c1cc(NC(=O)CSc2nnc(C(C)Oc3ccc(C(C)C)cc3)n2-c2ccccc2)ccc1Cl. The molecule has 0 saturated carbocycles. The first-order chi connectivity index (χ1) is 18.8. The second kappa shape index (κ2) is 12.8. The number of carbonyl (C=O) groups excluding carboxylic acids is 2. The number of hydrogen-bond acceptors (Lipinski definition) is 7. The minimum atomic E-state index is -0.582. The summed E-state index contributed by atoms with van der Waals surface area (Å²) in [6.45, 7) is 6.21. The summed E-state index contributed by atoms with van der Waals surface area (Å²) in [4.78, 5) is 24.7. The largest absolute Gasteiger partial charge is 0.483 e. The van der Waals surface area contributed by atoms with E-state index in [1.807, 2.05) is 54.0 Å². The third-order valence-corrected chi connectivity index (χ3v) is 7.14. The number of thioether (sulfide) groups is 1. The highest BCUT2D eigenvalue weighted by molar-refractivity contribution is 7.99. The lowest BCUT2D eigenvalue weighted by Crippen LogP contribution is -2.16. The molecular formula is C29H29ClN4O4S. The van der Waals surface area contributed by atoms with Gasteiger partial charge in [0.1, 0.15) is 5.75 Å². The Hall–Kier alpha value is -3.82. The number of halogens is 1. The van der Waals surface area contributed by atoms with Crippen LogP contribution >= 0.6 is 23.4 Å². The van der Waals surface area contributed by atoms with Crippen LogP contribution < -0.4 is 10.1 Å². The van der Waals surface area contributed by atoms with Gasteiger partial charge in [-0.1, -0.05) is 67.5 Å². The molecule has 4 aromatic rings. The first-order valence-electron chi connectivity index (χ1n) is 12.3. The molecule has 0 fully saturated rings. The molecule has 10 heteroatoms. The van der Waals surface area contributed by atoms with Gasteiger partial charge in [0.2, 0.25) is 5.91 Å². The maximum absolute atomic E-state index is 12.8. The molecule has 1 atom stereocenters. The van der Waals surface area contributed by atoms with E-state index in [1.54, 1.807) is 6.07 Å². The molecular weight excluding hydrogens is 536 g/mol. The van der Waals surface area contributed by atoms with Gasteiger partial charge in [0.05, 0.1) is 23.4 Å². The van der Waals surface area contributed by atoms with Crippen LogP contribution in [0.25, 0.3) is 5.69 Å². The zero-order chi connectivity index (χ0) is 27.9. The molecule has 0 bridgehead atoms. The van der Waals surface area contributed by atoms with Crippen LogP contribution in [0.3, 0.4) is 0 Å². The zero-order valence-electron chi connectivity index (χ0n) is 22.1. The molecule has 1 heterocycles. The highest BCUT2D eigenvalue weighted by Gasteiger charge is 2.22. The topological polar surface area (TPSA) is 95.3 Å². The molecule has 0 aliphatic heterocycles. The minimum Gasteiger partial charge on any atom is -0.483 e. The van der Waals surface area contributed by atoms with E-state index in [1.165, 1.54) is 36.6 Å². The van der Waals surface area contributed by atoms with Gasteiger partial charge in [-0.3, -0.25) is 9.36 Å². The van der Waals surface area contributed by atoms with E-state index in [2.05, 4.69) is 41.5 Å². The molecule has 1 N–H and O–H groups in total. The number of ether oxygens (including phenoxy) is 2. The predicted molar refractivity (Wildman–Crippen MR) is 153 cm³/mol. The van der Waals surface area contributed by atoms with Crippen molar-refractivity contribution in [3.05, 3.63) is 94.8 Å². The number of anilines is 1. The quantitative estimate of drug-likeness (QED) is 0.169. The fourth-order valence-electron chi connectivity index (χ4n) is 3.84. The summed E-state index contributed by atoms with van der Waals surface area (Å²) in [5.41, 5.74) is 2.69. The first-order valence-corrected chi connectivity index (χ1v) is 13.7. The summed E-state index contributed by atoms with van der Waals surface area (Å²) in [6.07, 6.45) is -0.406. The molecule has 0 spiro atoms. The van der Waals surface area contributed by atoms with Gasteiger partial charge in [-0.05, 0) is 60.9 Å². The number of aromatic nitrogens is 3. The van der Waals surface area contributed by atoms with Crippen LogP contribution in [0.1, 0.15) is 54.5 Å². The normalized spacial score (nSPS) is 11.7. The van der Waals surface area contributed by atoms with Gasteiger partial charge in [0.15, 0.2) is 17.1 Å². The number of hydrogen-bond donors (Lipinski definition) is 1. The van der Waals surface area contributed by atoms with Crippen molar-refractivity contribution in [3.8, 4) is 11.4 Å². The standard InChI is InChI=1S/C29H29ClN4O4S/c1-18(2)20-10-13-23(14-11-20)38-19(3)27-32-33-29(34(27)22-8-6-5-7-9-22)39-17-26(35)31-21-12-15-25(30)24(16-21)28(36)37-4/h5-16,18-19H,17H2,1-4H3,(H,31,35). The molecule has 4 rings (SSSR count). The highest BCUT2D eigenvalue weighted by Crippen LogP contribution is 2.29. The van der Waals surface area contributed by atoms with Crippen LogP contribution in [-0.4, -0.2) is 39.5 Å². The van der Waals surface area contributed by atoms with Crippen LogP contribution in [-0.2, 0) is 9.53 Å². The van der Waals surface area contributed by atoms with Gasteiger partial charge in [-0.2, -0.15) is 0 Å². The highest BCUT2D eigenvalue weighted by atomic mass is 35.5. The first kappa shape index (κ1) is 28.2. The molecule has 1 aromatic heterocycles. The average molecular weight is 565 g/mol. The van der Waals surface area contributed by atoms with Gasteiger partial charge in [-0.15, -0.1) is 10.2 Å². The van der Waals surface area contributed by atoms with Crippen LogP contribution in [0.2, 0.25) is 5.02 Å². The van der Waals surface area contributed by atoms with E-state index in [0.717, 1.165) is 11.4 Å². The Labute approximate surface area is 236 Å². The lowest BCUT2D eigenvalue weighted by molar-refractivity contribution is -0.113. The van der Waals surface area contributed by atoms with Gasteiger partial charge >= 0.3 is 5.97 Å². The van der Waals surface area contributed by atoms with E-state index in [-0.39, 0.29) is 22.2 Å². The van der Waals surface area contributed by atoms with E-state index < -0.39 is 12.1 Å². The fourth-order valence-corrected chi connectivity index (χ4v) is 4.80. The molecule has 0 aliphatic rings. The third kappa shape index (κ3) is 6.99. The third-order valence-electron chi connectivity index (χ3n) is 5.88. The molecule has 0 radical (unpaired) electrons. The van der Waals surface area contributed by atoms with Crippen molar-refractivity contribution in [2.75, 3.05) is 18.2 Å². The molecule has 8 nitrogen and oxygen atoms in total. The smallest absolute Gasteiger partial charge is 0.339 e. The van der Waals surface area contributed by atoms with Crippen molar-refractivity contribution in [1.82, 2.24) is 14.8 Å². The molecule has 0 aliphatic carbocycles. The Balaban J connectivity index is 1.51. The number of esters is 1. The summed E-state index contributed by atoms with van der Waals surface area (Å²) < 4.78 is 12.8. The number of amides is 1. The zero-order valence-corrected chi connectivity index (χ0v) is 23.6.